The third kappa shape index (κ3) is 9.28. The molecule has 0 saturated carbocycles. The van der Waals surface area contributed by atoms with E-state index in [1.807, 2.05) is 41.5 Å². The van der Waals surface area contributed by atoms with Crippen molar-refractivity contribution in [1.29, 1.82) is 0 Å². The maximum Gasteiger partial charge on any atom is 0.408 e. The van der Waals surface area contributed by atoms with Crippen molar-refractivity contribution in [2.24, 2.45) is 4.99 Å². The maximum absolute atomic E-state index is 11.9. The predicted octanol–water partition coefficient (Wildman–Crippen LogP) is 0.880. The molecule has 1 heterocycles. The number of guanidine groups is 1. The highest BCUT2D eigenvalue weighted by atomic mass is 32.2. The summed E-state index contributed by atoms with van der Waals surface area (Å²) in [5.41, 5.74) is -1.15. The molecule has 0 radical (unpaired) electrons. The fourth-order valence-corrected chi connectivity index (χ4v) is 4.01. The number of ether oxygens (including phenoxy) is 1. The number of rotatable bonds is 7. The van der Waals surface area contributed by atoms with Crippen molar-refractivity contribution in [1.82, 2.24) is 20.3 Å². The van der Waals surface area contributed by atoms with Crippen molar-refractivity contribution in [2.75, 3.05) is 38.5 Å². The Labute approximate surface area is 163 Å². The van der Waals surface area contributed by atoms with Crippen molar-refractivity contribution in [3.63, 3.8) is 0 Å². The van der Waals surface area contributed by atoms with E-state index in [-0.39, 0.29) is 5.75 Å². The van der Waals surface area contributed by atoms with E-state index >= 15 is 0 Å². The fraction of sp³-hybridized carbons (Fsp3) is 0.882. The predicted molar refractivity (Wildman–Crippen MR) is 107 cm³/mol. The van der Waals surface area contributed by atoms with Crippen LogP contribution in [-0.2, 0) is 14.8 Å². The van der Waals surface area contributed by atoms with E-state index in [2.05, 4.69) is 20.9 Å². The van der Waals surface area contributed by atoms with Crippen LogP contribution in [0, 0.1) is 0 Å². The molecular formula is C17H35N5O4S. The van der Waals surface area contributed by atoms with Gasteiger partial charge in [-0.3, -0.25) is 4.99 Å². The summed E-state index contributed by atoms with van der Waals surface area (Å²) in [6.07, 6.45) is 0.195. The largest absolute Gasteiger partial charge is 0.444 e. The summed E-state index contributed by atoms with van der Waals surface area (Å²) in [7, 11) is -3.09. The highest BCUT2D eigenvalue weighted by molar-refractivity contribution is 7.89. The Balaban J connectivity index is 2.54. The first-order chi connectivity index (χ1) is 12.3. The van der Waals surface area contributed by atoms with Crippen LogP contribution in [0.25, 0.3) is 0 Å². The molecule has 1 saturated heterocycles. The van der Waals surface area contributed by atoms with E-state index < -0.39 is 27.3 Å². The Kier molecular flexibility index (Phi) is 8.34. The second-order valence-electron chi connectivity index (χ2n) is 8.20. The van der Waals surface area contributed by atoms with Crippen LogP contribution in [0.4, 0.5) is 4.79 Å². The lowest BCUT2D eigenvalue weighted by Crippen LogP contribution is -2.49. The topological polar surface area (TPSA) is 112 Å². The van der Waals surface area contributed by atoms with E-state index in [1.165, 1.54) is 4.31 Å². The summed E-state index contributed by atoms with van der Waals surface area (Å²) in [6.45, 7) is 13.6. The number of carbonyl (C=O) groups excluding carboxylic acids is 1. The van der Waals surface area contributed by atoms with Gasteiger partial charge in [-0.05, 0) is 48.0 Å². The lowest BCUT2D eigenvalue weighted by Gasteiger charge is -2.27. The van der Waals surface area contributed by atoms with E-state index in [9.17, 15) is 13.2 Å². The monoisotopic (exact) mass is 405 g/mol. The number of nitrogens with one attached hydrogen (secondary N) is 3. The standard InChI is InChI=1S/C17H35N5O4S/c1-7-18-14(19-9-11-22-10-8-12-27(22,24)25)20-13-17(5,6)21-15(23)26-16(2,3)4/h7-13H2,1-6H3,(H,21,23)(H2,18,19,20). The van der Waals surface area contributed by atoms with Gasteiger partial charge in [0.1, 0.15) is 5.60 Å². The molecule has 9 nitrogen and oxygen atoms in total. The van der Waals surface area contributed by atoms with Crippen LogP contribution in [0.15, 0.2) is 4.99 Å². The highest BCUT2D eigenvalue weighted by Crippen LogP contribution is 2.12. The normalized spacial score (nSPS) is 18.2. The third-order valence-corrected chi connectivity index (χ3v) is 5.63. The molecule has 1 aliphatic heterocycles. The van der Waals surface area contributed by atoms with Crippen molar-refractivity contribution < 1.29 is 17.9 Å². The molecular weight excluding hydrogens is 370 g/mol. The molecule has 0 bridgehead atoms. The number of aliphatic imine (C=N–C) groups is 1. The molecule has 1 rings (SSSR count). The zero-order valence-corrected chi connectivity index (χ0v) is 18.2. The molecule has 0 aromatic rings. The van der Waals surface area contributed by atoms with Crippen molar-refractivity contribution in [3.05, 3.63) is 0 Å². The summed E-state index contributed by atoms with van der Waals surface area (Å²) in [5, 5.41) is 9.07. The van der Waals surface area contributed by atoms with Gasteiger partial charge in [0, 0.05) is 26.2 Å². The molecule has 1 amide bonds. The summed E-state index contributed by atoms with van der Waals surface area (Å²) in [5.74, 6) is 0.805. The van der Waals surface area contributed by atoms with Gasteiger partial charge in [0.25, 0.3) is 0 Å². The number of hydrogen-bond acceptors (Lipinski definition) is 5. The molecule has 10 heteroatoms. The first-order valence-corrected chi connectivity index (χ1v) is 11.0. The van der Waals surface area contributed by atoms with Gasteiger partial charge in [0.05, 0.1) is 17.8 Å². The van der Waals surface area contributed by atoms with E-state index in [0.717, 1.165) is 0 Å². The zero-order valence-electron chi connectivity index (χ0n) is 17.4. The minimum atomic E-state index is -3.09. The smallest absolute Gasteiger partial charge is 0.408 e. The molecule has 0 spiro atoms. The minimum Gasteiger partial charge on any atom is -0.444 e. The second kappa shape index (κ2) is 9.59. The average Bonchev–Trinajstić information content (AvgIpc) is 2.81. The Bertz CT molecular complexity index is 626. The number of nitrogens with zero attached hydrogens (tertiary/aromatic N) is 2. The van der Waals surface area contributed by atoms with Gasteiger partial charge in [-0.1, -0.05) is 0 Å². The molecule has 1 aliphatic rings. The lowest BCUT2D eigenvalue weighted by molar-refractivity contribution is 0.0476. The number of sulfonamides is 1. The van der Waals surface area contributed by atoms with E-state index in [4.69, 9.17) is 4.74 Å². The van der Waals surface area contributed by atoms with Crippen LogP contribution < -0.4 is 16.0 Å². The van der Waals surface area contributed by atoms with Gasteiger partial charge in [0.15, 0.2) is 5.96 Å². The summed E-state index contributed by atoms with van der Waals surface area (Å²) < 4.78 is 30.4. The first kappa shape index (κ1) is 23.5. The quantitative estimate of drug-likeness (QED) is 0.428. The van der Waals surface area contributed by atoms with Crippen molar-refractivity contribution in [3.8, 4) is 0 Å². The van der Waals surface area contributed by atoms with E-state index in [1.54, 1.807) is 0 Å². The van der Waals surface area contributed by atoms with Crippen LogP contribution in [0.3, 0.4) is 0 Å². The molecule has 0 aromatic heterocycles. The lowest BCUT2D eigenvalue weighted by atomic mass is 10.1. The Morgan fingerprint density at radius 1 is 1.19 bits per heavy atom. The second-order valence-corrected chi connectivity index (χ2v) is 10.3. The molecule has 0 aromatic carbocycles. The molecule has 3 N–H and O–H groups in total. The Morgan fingerprint density at radius 2 is 1.85 bits per heavy atom. The third-order valence-electron chi connectivity index (χ3n) is 3.67. The zero-order chi connectivity index (χ0) is 20.7. The van der Waals surface area contributed by atoms with Crippen LogP contribution in [0.2, 0.25) is 0 Å². The molecule has 0 aliphatic carbocycles. The van der Waals surface area contributed by atoms with Gasteiger partial charge in [-0.2, -0.15) is 0 Å². The van der Waals surface area contributed by atoms with Gasteiger partial charge >= 0.3 is 6.09 Å². The summed E-state index contributed by atoms with van der Waals surface area (Å²) in [4.78, 5) is 16.4. The SMILES string of the molecule is CCNC(=NCC(C)(C)NC(=O)OC(C)(C)C)NCCN1CCCS1(=O)=O. The number of carbonyl (C=O) groups is 1. The number of amides is 1. The number of hydrogen-bond donors (Lipinski definition) is 3. The molecule has 0 atom stereocenters. The first-order valence-electron chi connectivity index (χ1n) is 9.36. The fourth-order valence-electron chi connectivity index (χ4n) is 2.48. The van der Waals surface area contributed by atoms with Crippen LogP contribution >= 0.6 is 0 Å². The Morgan fingerprint density at radius 3 is 2.37 bits per heavy atom. The van der Waals surface area contributed by atoms with Crippen LogP contribution in [-0.4, -0.2) is 74.4 Å². The van der Waals surface area contributed by atoms with Gasteiger partial charge in [0.2, 0.25) is 10.0 Å². The average molecular weight is 406 g/mol. The van der Waals surface area contributed by atoms with Crippen molar-refractivity contribution in [2.45, 2.75) is 59.1 Å². The van der Waals surface area contributed by atoms with Crippen LogP contribution in [0.5, 0.6) is 0 Å². The maximum atomic E-state index is 11.9. The van der Waals surface area contributed by atoms with Gasteiger partial charge < -0.3 is 20.7 Å². The molecule has 1 fully saturated rings. The molecule has 27 heavy (non-hydrogen) atoms. The molecule has 158 valence electrons. The van der Waals surface area contributed by atoms with E-state index in [0.29, 0.717) is 45.1 Å². The molecule has 0 unspecified atom stereocenters. The Hall–Kier alpha value is -1.55. The summed E-state index contributed by atoms with van der Waals surface area (Å²) >= 11 is 0. The number of alkyl carbamates (subject to hydrolysis) is 1. The van der Waals surface area contributed by atoms with Crippen molar-refractivity contribution >= 4 is 22.1 Å². The minimum absolute atomic E-state index is 0.228. The summed E-state index contributed by atoms with van der Waals surface area (Å²) in [6, 6.07) is 0. The highest BCUT2D eigenvalue weighted by Gasteiger charge is 2.27. The van der Waals surface area contributed by atoms with Crippen LogP contribution in [0.1, 0.15) is 48.0 Å². The van der Waals surface area contributed by atoms with Gasteiger partial charge in [-0.25, -0.2) is 17.5 Å². The van der Waals surface area contributed by atoms with Gasteiger partial charge in [-0.15, -0.1) is 0 Å².